The summed E-state index contributed by atoms with van der Waals surface area (Å²) < 4.78 is 0. The quantitative estimate of drug-likeness (QED) is 0.297. The molecule has 3 nitrogen and oxygen atoms in total. The zero-order valence-electron chi connectivity index (χ0n) is 9.86. The summed E-state index contributed by atoms with van der Waals surface area (Å²) in [5.74, 6) is 1.87. The van der Waals surface area contributed by atoms with Gasteiger partial charge in [0.15, 0.2) is 0 Å². The SMILES string of the molecule is OOOCCCCCCC1=CC2CCC1C2. The van der Waals surface area contributed by atoms with E-state index in [1.165, 1.54) is 38.5 Å². The summed E-state index contributed by atoms with van der Waals surface area (Å²) >= 11 is 0. The van der Waals surface area contributed by atoms with Crippen LogP contribution in [0.2, 0.25) is 0 Å². The van der Waals surface area contributed by atoms with E-state index < -0.39 is 0 Å². The minimum Gasteiger partial charge on any atom is -0.221 e. The van der Waals surface area contributed by atoms with Crippen LogP contribution in [0, 0.1) is 11.8 Å². The predicted octanol–water partition coefficient (Wildman–Crippen LogP) is 3.71. The minimum absolute atomic E-state index is 0.490. The molecule has 2 bridgehead atoms. The fourth-order valence-electron chi connectivity index (χ4n) is 3.11. The van der Waals surface area contributed by atoms with Gasteiger partial charge in [0.2, 0.25) is 0 Å². The Morgan fingerprint density at radius 1 is 1.19 bits per heavy atom. The van der Waals surface area contributed by atoms with Gasteiger partial charge in [-0.2, -0.15) is 0 Å². The molecule has 2 unspecified atom stereocenters. The summed E-state index contributed by atoms with van der Waals surface area (Å²) in [7, 11) is 0. The highest BCUT2D eigenvalue weighted by molar-refractivity contribution is 5.19. The van der Waals surface area contributed by atoms with E-state index in [1.54, 1.807) is 5.57 Å². The lowest BCUT2D eigenvalue weighted by Gasteiger charge is -2.12. The van der Waals surface area contributed by atoms with Crippen molar-refractivity contribution in [2.45, 2.75) is 51.4 Å². The van der Waals surface area contributed by atoms with E-state index in [0.29, 0.717) is 6.61 Å². The lowest BCUT2D eigenvalue weighted by atomic mass is 9.94. The Morgan fingerprint density at radius 2 is 2.06 bits per heavy atom. The summed E-state index contributed by atoms with van der Waals surface area (Å²) in [6.45, 7) is 0.490. The highest BCUT2D eigenvalue weighted by Gasteiger charge is 2.31. The molecule has 0 amide bonds. The number of fused-ring (bicyclic) bond motifs is 2. The maximum atomic E-state index is 7.94. The normalized spacial score (nSPS) is 27.4. The van der Waals surface area contributed by atoms with E-state index in [1.807, 2.05) is 0 Å². The molecule has 0 aromatic rings. The van der Waals surface area contributed by atoms with E-state index >= 15 is 0 Å². The second kappa shape index (κ2) is 6.38. The van der Waals surface area contributed by atoms with E-state index in [9.17, 15) is 0 Å². The summed E-state index contributed by atoms with van der Waals surface area (Å²) in [6.07, 6.45) is 12.8. The first-order valence-corrected chi connectivity index (χ1v) is 6.54. The zero-order chi connectivity index (χ0) is 11.2. The Bertz CT molecular complexity index is 237. The molecule has 2 aliphatic carbocycles. The molecule has 16 heavy (non-hydrogen) atoms. The van der Waals surface area contributed by atoms with Crippen molar-refractivity contribution in [2.24, 2.45) is 11.8 Å². The van der Waals surface area contributed by atoms with E-state index in [4.69, 9.17) is 5.26 Å². The second-order valence-corrected chi connectivity index (χ2v) is 5.07. The molecule has 0 saturated heterocycles. The molecule has 92 valence electrons. The van der Waals surface area contributed by atoms with Gasteiger partial charge in [0.05, 0.1) is 6.61 Å². The van der Waals surface area contributed by atoms with Gasteiger partial charge in [-0.05, 0) is 50.4 Å². The van der Waals surface area contributed by atoms with Crippen molar-refractivity contribution in [3.8, 4) is 0 Å². The lowest BCUT2D eigenvalue weighted by molar-refractivity contribution is -0.490. The van der Waals surface area contributed by atoms with Crippen molar-refractivity contribution in [1.82, 2.24) is 0 Å². The molecule has 0 radical (unpaired) electrons. The summed E-state index contributed by atoms with van der Waals surface area (Å²) in [4.78, 5) is 4.40. The Kier molecular flexibility index (Phi) is 4.82. The number of allylic oxidation sites excluding steroid dienone is 2. The first-order valence-electron chi connectivity index (χ1n) is 6.54. The topological polar surface area (TPSA) is 38.7 Å². The Morgan fingerprint density at radius 3 is 2.75 bits per heavy atom. The molecule has 0 heterocycles. The lowest BCUT2D eigenvalue weighted by Crippen LogP contribution is -1.97. The van der Waals surface area contributed by atoms with E-state index in [0.717, 1.165) is 24.7 Å². The minimum atomic E-state index is 0.490. The van der Waals surface area contributed by atoms with Crippen LogP contribution in [0.3, 0.4) is 0 Å². The Balaban J connectivity index is 1.48. The monoisotopic (exact) mass is 226 g/mol. The van der Waals surface area contributed by atoms with Crippen LogP contribution in [0.25, 0.3) is 0 Å². The zero-order valence-corrected chi connectivity index (χ0v) is 9.86. The molecule has 0 aromatic heterocycles. The van der Waals surface area contributed by atoms with Crippen molar-refractivity contribution < 1.29 is 15.2 Å². The van der Waals surface area contributed by atoms with Crippen molar-refractivity contribution in [3.05, 3.63) is 11.6 Å². The average molecular weight is 226 g/mol. The van der Waals surface area contributed by atoms with Crippen molar-refractivity contribution >= 4 is 0 Å². The summed E-state index contributed by atoms with van der Waals surface area (Å²) in [5.41, 5.74) is 1.74. The van der Waals surface area contributed by atoms with Crippen LogP contribution in [-0.2, 0) is 9.93 Å². The smallest absolute Gasteiger partial charge is 0.0853 e. The van der Waals surface area contributed by atoms with Gasteiger partial charge in [-0.1, -0.05) is 29.5 Å². The molecule has 0 spiro atoms. The Labute approximate surface area is 97.3 Å². The van der Waals surface area contributed by atoms with Gasteiger partial charge in [0.1, 0.15) is 0 Å². The standard InChI is InChI=1S/C13H22O3/c14-16-15-8-4-2-1-3-5-12-9-11-6-7-13(12)10-11/h9,11,13-14H,1-8,10H2. The largest absolute Gasteiger partial charge is 0.221 e. The highest BCUT2D eigenvalue weighted by atomic mass is 17.5. The van der Waals surface area contributed by atoms with E-state index in [2.05, 4.69) is 16.0 Å². The number of rotatable bonds is 8. The van der Waals surface area contributed by atoms with Crippen molar-refractivity contribution in [3.63, 3.8) is 0 Å². The molecule has 2 rings (SSSR count). The molecular formula is C13H22O3. The van der Waals surface area contributed by atoms with Crippen LogP contribution in [0.1, 0.15) is 51.4 Å². The maximum absolute atomic E-state index is 7.94. The third-order valence-electron chi connectivity index (χ3n) is 3.94. The molecule has 2 aliphatic rings. The molecule has 1 saturated carbocycles. The van der Waals surface area contributed by atoms with Crippen LogP contribution in [0.4, 0.5) is 0 Å². The van der Waals surface area contributed by atoms with Crippen LogP contribution in [-0.4, -0.2) is 11.9 Å². The fraction of sp³-hybridized carbons (Fsp3) is 0.846. The molecule has 0 aromatic carbocycles. The van der Waals surface area contributed by atoms with Gasteiger partial charge in [-0.15, -0.1) is 0 Å². The maximum Gasteiger partial charge on any atom is 0.0853 e. The van der Waals surface area contributed by atoms with Crippen molar-refractivity contribution in [2.75, 3.05) is 6.61 Å². The van der Waals surface area contributed by atoms with Crippen LogP contribution in [0.15, 0.2) is 11.6 Å². The molecule has 0 aliphatic heterocycles. The van der Waals surface area contributed by atoms with Crippen LogP contribution >= 0.6 is 0 Å². The van der Waals surface area contributed by atoms with Gasteiger partial charge in [0, 0.05) is 0 Å². The number of hydrogen-bond acceptors (Lipinski definition) is 3. The predicted molar refractivity (Wildman–Crippen MR) is 61.7 cm³/mol. The fourth-order valence-corrected chi connectivity index (χ4v) is 3.11. The van der Waals surface area contributed by atoms with Crippen LogP contribution < -0.4 is 0 Å². The van der Waals surface area contributed by atoms with Crippen LogP contribution in [0.5, 0.6) is 0 Å². The van der Waals surface area contributed by atoms with Gasteiger partial charge in [-0.25, -0.2) is 10.1 Å². The van der Waals surface area contributed by atoms with E-state index in [-0.39, 0.29) is 0 Å². The van der Waals surface area contributed by atoms with Gasteiger partial charge in [0.25, 0.3) is 0 Å². The molecule has 3 heteroatoms. The molecular weight excluding hydrogens is 204 g/mol. The third-order valence-corrected chi connectivity index (χ3v) is 3.94. The second-order valence-electron chi connectivity index (χ2n) is 5.07. The summed E-state index contributed by atoms with van der Waals surface area (Å²) in [5, 5.41) is 11.5. The molecule has 1 fully saturated rings. The average Bonchev–Trinajstić information content (AvgIpc) is 2.90. The number of hydrogen-bond donors (Lipinski definition) is 1. The Hall–Kier alpha value is -0.380. The third kappa shape index (κ3) is 3.30. The van der Waals surface area contributed by atoms with Gasteiger partial charge >= 0.3 is 0 Å². The first kappa shape index (κ1) is 12.1. The molecule has 1 N–H and O–H groups in total. The van der Waals surface area contributed by atoms with Gasteiger partial charge < -0.3 is 0 Å². The van der Waals surface area contributed by atoms with Crippen molar-refractivity contribution in [1.29, 1.82) is 0 Å². The number of unbranched alkanes of at least 4 members (excludes halogenated alkanes) is 3. The highest BCUT2D eigenvalue weighted by Crippen LogP contribution is 2.45. The van der Waals surface area contributed by atoms with Gasteiger partial charge in [-0.3, -0.25) is 0 Å². The summed E-state index contributed by atoms with van der Waals surface area (Å²) in [6, 6.07) is 0. The first-order chi connectivity index (χ1) is 7.90. The molecule has 2 atom stereocenters.